The summed E-state index contributed by atoms with van der Waals surface area (Å²) in [4.78, 5) is 9.71. The van der Waals surface area contributed by atoms with Crippen molar-refractivity contribution in [3.05, 3.63) is 69.0 Å². The molecule has 0 aliphatic carbocycles. The smallest absolute Gasteiger partial charge is 0.258 e. The van der Waals surface area contributed by atoms with E-state index in [1.165, 1.54) is 0 Å². The number of non-ortho nitro benzene ring substituents is 1. The summed E-state index contributed by atoms with van der Waals surface area (Å²) in [6.45, 7) is 0. The van der Waals surface area contributed by atoms with Crippen LogP contribution in [-0.4, -0.2) is 9.13 Å². The Balaban J connectivity index is 2.36. The fraction of sp³-hybridized carbons (Fsp3) is 0.0769. The van der Waals surface area contributed by atoms with E-state index in [0.717, 1.165) is 24.3 Å². The largest absolute Gasteiger partial charge is 0.269 e. The molecule has 0 amide bonds. The normalized spacial score (nSPS) is 12.2. The molecule has 2 aromatic rings. The summed E-state index contributed by atoms with van der Waals surface area (Å²) in [5.41, 5.74) is -1.51. The molecule has 1 unspecified atom stereocenters. The maximum Gasteiger partial charge on any atom is 0.269 e. The lowest BCUT2D eigenvalue weighted by molar-refractivity contribution is -0.384. The molecule has 0 aromatic heterocycles. The van der Waals surface area contributed by atoms with Crippen LogP contribution in [0.15, 0.2) is 29.2 Å². The minimum Gasteiger partial charge on any atom is -0.258 e. The first-order valence-electron chi connectivity index (χ1n) is 5.87. The highest BCUT2D eigenvalue weighted by Gasteiger charge is 2.26. The zero-order valence-corrected chi connectivity index (χ0v) is 11.8. The molecule has 122 valence electrons. The van der Waals surface area contributed by atoms with Crippen LogP contribution in [0.3, 0.4) is 0 Å². The standard InChI is InChI=1S/C13H6F5NO3S/c14-9-8(10(15)12(17)13(18)11(9)16)5-23(22)7-3-1-6(2-4-7)19(20)21/h1-4H,5H2. The van der Waals surface area contributed by atoms with Gasteiger partial charge in [0.25, 0.3) is 5.69 Å². The van der Waals surface area contributed by atoms with Gasteiger partial charge in [0.1, 0.15) is 0 Å². The summed E-state index contributed by atoms with van der Waals surface area (Å²) >= 11 is 0. The highest BCUT2D eigenvalue weighted by atomic mass is 32.2. The van der Waals surface area contributed by atoms with E-state index in [9.17, 15) is 36.3 Å². The minimum absolute atomic E-state index is 0.0560. The number of nitro groups is 1. The number of nitro benzene ring substituents is 1. The van der Waals surface area contributed by atoms with Crippen LogP contribution in [0.2, 0.25) is 0 Å². The molecule has 0 radical (unpaired) electrons. The molecule has 23 heavy (non-hydrogen) atoms. The van der Waals surface area contributed by atoms with Crippen LogP contribution < -0.4 is 0 Å². The summed E-state index contributed by atoms with van der Waals surface area (Å²) in [6, 6.07) is 4.15. The van der Waals surface area contributed by atoms with Gasteiger partial charge < -0.3 is 0 Å². The number of nitrogens with zero attached hydrogens (tertiary/aromatic N) is 1. The Hall–Kier alpha value is -2.36. The van der Waals surface area contributed by atoms with Crippen molar-refractivity contribution in [1.82, 2.24) is 0 Å². The molecule has 0 N–H and O–H groups in total. The fourth-order valence-corrected chi connectivity index (χ4v) is 2.83. The van der Waals surface area contributed by atoms with E-state index in [4.69, 9.17) is 0 Å². The lowest BCUT2D eigenvalue weighted by Gasteiger charge is -2.08. The summed E-state index contributed by atoms with van der Waals surface area (Å²) < 4.78 is 78.0. The zero-order valence-electron chi connectivity index (χ0n) is 11.0. The van der Waals surface area contributed by atoms with Crippen LogP contribution in [0.4, 0.5) is 27.6 Å². The molecule has 10 heteroatoms. The molecular weight excluding hydrogens is 345 g/mol. The second-order valence-electron chi connectivity index (χ2n) is 4.29. The van der Waals surface area contributed by atoms with Crippen LogP contribution in [0.5, 0.6) is 0 Å². The third kappa shape index (κ3) is 3.21. The lowest BCUT2D eigenvalue weighted by atomic mass is 10.2. The molecule has 0 saturated carbocycles. The average Bonchev–Trinajstić information content (AvgIpc) is 2.55. The summed E-state index contributed by atoms with van der Waals surface area (Å²) in [5.74, 6) is -11.6. The van der Waals surface area contributed by atoms with Crippen molar-refractivity contribution in [3.63, 3.8) is 0 Å². The predicted molar refractivity (Wildman–Crippen MR) is 69.4 cm³/mol. The molecule has 0 aliphatic rings. The number of hydrogen-bond acceptors (Lipinski definition) is 3. The van der Waals surface area contributed by atoms with E-state index in [1.54, 1.807) is 0 Å². The molecule has 1 atom stereocenters. The Morgan fingerprint density at radius 2 is 1.30 bits per heavy atom. The van der Waals surface area contributed by atoms with Crippen molar-refractivity contribution in [2.24, 2.45) is 0 Å². The van der Waals surface area contributed by atoms with Gasteiger partial charge in [0, 0.05) is 22.6 Å². The van der Waals surface area contributed by atoms with E-state index in [0.29, 0.717) is 0 Å². The zero-order chi connectivity index (χ0) is 17.3. The Morgan fingerprint density at radius 3 is 1.74 bits per heavy atom. The molecule has 2 aromatic carbocycles. The number of hydrogen-bond donors (Lipinski definition) is 0. The molecule has 0 heterocycles. The van der Waals surface area contributed by atoms with E-state index < -0.39 is 56.1 Å². The summed E-state index contributed by atoms with van der Waals surface area (Å²) in [7, 11) is -2.16. The van der Waals surface area contributed by atoms with Gasteiger partial charge in [-0.2, -0.15) is 0 Å². The number of halogens is 5. The van der Waals surface area contributed by atoms with Crippen molar-refractivity contribution in [3.8, 4) is 0 Å². The van der Waals surface area contributed by atoms with Crippen molar-refractivity contribution in [1.29, 1.82) is 0 Å². The number of rotatable bonds is 4. The predicted octanol–water partition coefficient (Wildman–Crippen LogP) is 3.60. The molecule has 2 rings (SSSR count). The monoisotopic (exact) mass is 351 g/mol. The Morgan fingerprint density at radius 1 is 0.870 bits per heavy atom. The van der Waals surface area contributed by atoms with Crippen molar-refractivity contribution in [2.75, 3.05) is 0 Å². The van der Waals surface area contributed by atoms with Gasteiger partial charge in [-0.25, -0.2) is 22.0 Å². The average molecular weight is 351 g/mol. The van der Waals surface area contributed by atoms with Gasteiger partial charge in [0.05, 0.1) is 21.5 Å². The second kappa shape index (κ2) is 6.41. The quantitative estimate of drug-likeness (QED) is 0.278. The van der Waals surface area contributed by atoms with Gasteiger partial charge in [-0.15, -0.1) is 0 Å². The van der Waals surface area contributed by atoms with Crippen molar-refractivity contribution in [2.45, 2.75) is 10.6 Å². The molecule has 0 spiro atoms. The molecule has 0 fully saturated rings. The number of benzene rings is 2. The fourth-order valence-electron chi connectivity index (χ4n) is 1.71. The molecular formula is C13H6F5NO3S. The molecule has 4 nitrogen and oxygen atoms in total. The molecule has 0 saturated heterocycles. The van der Waals surface area contributed by atoms with E-state index in [-0.39, 0.29) is 10.6 Å². The van der Waals surface area contributed by atoms with Gasteiger partial charge >= 0.3 is 0 Å². The first-order chi connectivity index (χ1) is 10.7. The van der Waals surface area contributed by atoms with Crippen LogP contribution in [0.1, 0.15) is 5.56 Å². The maximum atomic E-state index is 13.5. The summed E-state index contributed by atoms with van der Waals surface area (Å²) in [5, 5.41) is 10.5. The first-order valence-corrected chi connectivity index (χ1v) is 7.19. The van der Waals surface area contributed by atoms with Crippen LogP contribution >= 0.6 is 0 Å². The van der Waals surface area contributed by atoms with Crippen LogP contribution in [-0.2, 0) is 16.6 Å². The van der Waals surface area contributed by atoms with Crippen LogP contribution in [0, 0.1) is 39.2 Å². The van der Waals surface area contributed by atoms with Crippen molar-refractivity contribution >= 4 is 16.5 Å². The van der Waals surface area contributed by atoms with E-state index in [1.807, 2.05) is 0 Å². The van der Waals surface area contributed by atoms with Gasteiger partial charge in [0.2, 0.25) is 5.82 Å². The van der Waals surface area contributed by atoms with Gasteiger partial charge in [0.15, 0.2) is 23.3 Å². The van der Waals surface area contributed by atoms with Crippen LogP contribution in [0.25, 0.3) is 0 Å². The highest BCUT2D eigenvalue weighted by Crippen LogP contribution is 2.25. The van der Waals surface area contributed by atoms with Gasteiger partial charge in [-0.1, -0.05) is 0 Å². The Bertz CT molecular complexity index is 781. The molecule has 0 bridgehead atoms. The Labute approximate surface area is 128 Å². The highest BCUT2D eigenvalue weighted by molar-refractivity contribution is 7.84. The SMILES string of the molecule is O=[N+]([O-])c1ccc(S(=O)Cc2c(F)c(F)c(F)c(F)c2F)cc1. The summed E-state index contributed by atoms with van der Waals surface area (Å²) in [6.07, 6.45) is 0. The van der Waals surface area contributed by atoms with Gasteiger partial charge in [-0.3, -0.25) is 14.3 Å². The second-order valence-corrected chi connectivity index (χ2v) is 5.74. The topological polar surface area (TPSA) is 60.2 Å². The minimum atomic E-state index is -2.30. The molecule has 0 aliphatic heterocycles. The van der Waals surface area contributed by atoms with E-state index >= 15 is 0 Å². The van der Waals surface area contributed by atoms with Crippen molar-refractivity contribution < 1.29 is 31.1 Å². The lowest BCUT2D eigenvalue weighted by Crippen LogP contribution is -2.09. The van der Waals surface area contributed by atoms with E-state index in [2.05, 4.69) is 0 Å². The Kier molecular flexibility index (Phi) is 4.73. The maximum absolute atomic E-state index is 13.5. The van der Waals surface area contributed by atoms with Gasteiger partial charge in [-0.05, 0) is 12.1 Å². The third-order valence-corrected chi connectivity index (χ3v) is 4.24. The first kappa shape index (κ1) is 17.0. The third-order valence-electron chi connectivity index (χ3n) is 2.89.